The van der Waals surface area contributed by atoms with Gasteiger partial charge in [0.2, 0.25) is 5.88 Å². The van der Waals surface area contributed by atoms with Gasteiger partial charge in [-0.25, -0.2) is 0 Å². The summed E-state index contributed by atoms with van der Waals surface area (Å²) in [7, 11) is 2.14. The van der Waals surface area contributed by atoms with Crippen molar-refractivity contribution in [3.05, 3.63) is 136 Å². The van der Waals surface area contributed by atoms with Gasteiger partial charge >= 0.3 is 6.85 Å². The molecule has 256 valence electrons. The Hall–Kier alpha value is -4.28. The standard InChI is InChI=1S/C43H42BN4O.Pt/c1-27-21-29(3)41(30(4)22-27)44(42-31(5)23-28(2)24-32(42)6)48-36-16-9-8-15-35(36)43-39(48)19-20-40(45-43)49-34-14-12-13-33(25-34)47-26-46(7)37-17-10-11-18-38(37)47;/h8-9,12-14,16,19-24,26H,10-11,17-18H2,1-7H3;/q-3;. The zero-order chi connectivity index (χ0) is 34.0. The molecule has 2 aromatic heterocycles. The minimum Gasteiger partial charge on any atom is -0.508 e. The van der Waals surface area contributed by atoms with Crippen molar-refractivity contribution >= 4 is 45.4 Å². The number of anilines is 1. The van der Waals surface area contributed by atoms with Crippen LogP contribution in [0.15, 0.2) is 84.2 Å². The number of allylic oxidation sites excluding steroid dienone is 2. The van der Waals surface area contributed by atoms with Gasteiger partial charge in [0.1, 0.15) is 0 Å². The average molecular weight is 837 g/mol. The summed E-state index contributed by atoms with van der Waals surface area (Å²) in [6.07, 6.45) is 4.67. The van der Waals surface area contributed by atoms with Crippen molar-refractivity contribution in [2.24, 2.45) is 0 Å². The monoisotopic (exact) mass is 836 g/mol. The molecule has 1 aliphatic carbocycles. The first kappa shape index (κ1) is 34.2. The number of hydrogen-bond acceptors (Lipinski definition) is 4. The first-order valence-electron chi connectivity index (χ1n) is 17.4. The first-order chi connectivity index (χ1) is 23.7. The number of aromatic nitrogens is 2. The van der Waals surface area contributed by atoms with Crippen LogP contribution in [0.2, 0.25) is 0 Å². The summed E-state index contributed by atoms with van der Waals surface area (Å²) >= 11 is 0. The zero-order valence-corrected chi connectivity index (χ0v) is 32.2. The van der Waals surface area contributed by atoms with E-state index in [4.69, 9.17) is 9.72 Å². The Morgan fingerprint density at radius 2 is 1.40 bits per heavy atom. The number of benzene rings is 4. The molecule has 50 heavy (non-hydrogen) atoms. The normalized spacial score (nSPS) is 14.4. The van der Waals surface area contributed by atoms with Crippen molar-refractivity contribution in [2.45, 2.75) is 67.2 Å². The largest absolute Gasteiger partial charge is 0.508 e. The number of pyridine rings is 1. The third kappa shape index (κ3) is 5.86. The molecule has 7 heteroatoms. The fourth-order valence-corrected chi connectivity index (χ4v) is 8.52. The maximum Gasteiger partial charge on any atom is 0.319 e. The zero-order valence-electron chi connectivity index (χ0n) is 29.9. The quantitative estimate of drug-likeness (QED) is 0.124. The van der Waals surface area contributed by atoms with Crippen molar-refractivity contribution in [3.8, 4) is 11.6 Å². The van der Waals surface area contributed by atoms with E-state index in [0.717, 1.165) is 40.5 Å². The first-order valence-corrected chi connectivity index (χ1v) is 17.4. The molecule has 1 aliphatic heterocycles. The summed E-state index contributed by atoms with van der Waals surface area (Å²) < 4.78 is 8.96. The van der Waals surface area contributed by atoms with Gasteiger partial charge in [-0.3, -0.25) is 4.98 Å². The molecule has 6 aromatic rings. The third-order valence-corrected chi connectivity index (χ3v) is 10.4. The molecule has 3 heterocycles. The second-order valence-electron chi connectivity index (χ2n) is 14.0. The Kier molecular flexibility index (Phi) is 9.20. The van der Waals surface area contributed by atoms with Crippen LogP contribution in [0.5, 0.6) is 11.6 Å². The molecule has 0 N–H and O–H groups in total. The Labute approximate surface area is 311 Å². The van der Waals surface area contributed by atoms with Gasteiger partial charge < -0.3 is 19.0 Å². The number of ether oxygens (including phenoxy) is 1. The second kappa shape index (κ2) is 13.5. The summed E-state index contributed by atoms with van der Waals surface area (Å²) in [5.74, 6) is 1.19. The molecule has 0 saturated heterocycles. The van der Waals surface area contributed by atoms with Crippen LogP contribution in [0, 0.1) is 60.3 Å². The van der Waals surface area contributed by atoms with Crippen molar-refractivity contribution < 1.29 is 25.8 Å². The van der Waals surface area contributed by atoms with E-state index in [2.05, 4.69) is 130 Å². The van der Waals surface area contributed by atoms with Crippen LogP contribution in [-0.2, 0) is 21.1 Å². The van der Waals surface area contributed by atoms with Crippen molar-refractivity contribution in [1.82, 2.24) is 14.4 Å². The molecular weight excluding hydrogens is 794 g/mol. The molecule has 0 saturated carbocycles. The van der Waals surface area contributed by atoms with Crippen LogP contribution in [0.1, 0.15) is 59.1 Å². The van der Waals surface area contributed by atoms with Crippen LogP contribution in [0.3, 0.4) is 0 Å². The van der Waals surface area contributed by atoms with Gasteiger partial charge in [0.15, 0.2) is 0 Å². The Morgan fingerprint density at radius 3 is 2.06 bits per heavy atom. The Morgan fingerprint density at radius 1 is 0.760 bits per heavy atom. The van der Waals surface area contributed by atoms with Crippen molar-refractivity contribution in [1.29, 1.82) is 0 Å². The number of fused-ring (bicyclic) bond motifs is 3. The summed E-state index contributed by atoms with van der Waals surface area (Å²) in [6.45, 7) is 15.5. The Bertz CT molecular complexity index is 2200. The third-order valence-electron chi connectivity index (χ3n) is 10.4. The molecule has 2 aliphatic rings. The average Bonchev–Trinajstić information content (AvgIpc) is 3.58. The Balaban J connectivity index is 0.00000392. The maximum absolute atomic E-state index is 6.48. The smallest absolute Gasteiger partial charge is 0.319 e. The molecular formula is C43H42BN4OPt-3. The van der Waals surface area contributed by atoms with Crippen LogP contribution in [0.25, 0.3) is 21.9 Å². The van der Waals surface area contributed by atoms with Crippen LogP contribution in [-0.4, -0.2) is 28.3 Å². The maximum atomic E-state index is 6.48. The summed E-state index contributed by atoms with van der Waals surface area (Å²) in [5, 5.41) is 0.988. The fraction of sp³-hybridized carbons (Fsp3) is 0.256. The van der Waals surface area contributed by atoms with Gasteiger partial charge in [-0.15, -0.1) is 53.5 Å². The van der Waals surface area contributed by atoms with Crippen molar-refractivity contribution in [3.63, 3.8) is 0 Å². The molecule has 0 unspecified atom stereocenters. The molecule has 0 amide bonds. The van der Waals surface area contributed by atoms with Gasteiger partial charge in [0.05, 0.1) is 0 Å². The number of nitrogens with zero attached hydrogens (tertiary/aromatic N) is 4. The van der Waals surface area contributed by atoms with Gasteiger partial charge in [0, 0.05) is 55.3 Å². The predicted molar refractivity (Wildman–Crippen MR) is 203 cm³/mol. The number of hydrogen-bond donors (Lipinski definition) is 0. The summed E-state index contributed by atoms with van der Waals surface area (Å²) in [6, 6.07) is 32.9. The van der Waals surface area contributed by atoms with Crippen LogP contribution >= 0.6 is 0 Å². The van der Waals surface area contributed by atoms with E-state index in [-0.39, 0.29) is 27.9 Å². The molecule has 0 spiro atoms. The van der Waals surface area contributed by atoms with E-state index in [1.807, 2.05) is 24.3 Å². The van der Waals surface area contributed by atoms with E-state index in [0.29, 0.717) is 11.6 Å². The van der Waals surface area contributed by atoms with Gasteiger partial charge in [0.25, 0.3) is 0 Å². The van der Waals surface area contributed by atoms with E-state index in [1.165, 1.54) is 68.5 Å². The molecule has 8 rings (SSSR count). The van der Waals surface area contributed by atoms with Gasteiger partial charge in [-0.2, -0.15) is 12.7 Å². The minimum absolute atomic E-state index is 0. The fourth-order valence-electron chi connectivity index (χ4n) is 8.52. The number of rotatable bonds is 6. The van der Waals surface area contributed by atoms with Gasteiger partial charge in [-0.05, 0) is 91.3 Å². The van der Waals surface area contributed by atoms with E-state index < -0.39 is 0 Å². The number of aryl methyl sites for hydroxylation is 6. The van der Waals surface area contributed by atoms with E-state index in [1.54, 1.807) is 0 Å². The molecule has 5 nitrogen and oxygen atoms in total. The van der Waals surface area contributed by atoms with E-state index >= 15 is 0 Å². The minimum atomic E-state index is -0.0515. The molecule has 0 bridgehead atoms. The predicted octanol–water partition coefficient (Wildman–Crippen LogP) is 8.74. The molecule has 0 fully saturated rings. The second-order valence-corrected chi connectivity index (χ2v) is 14.0. The van der Waals surface area contributed by atoms with E-state index in [9.17, 15) is 0 Å². The van der Waals surface area contributed by atoms with Crippen molar-refractivity contribution in [2.75, 3.05) is 11.9 Å². The molecule has 4 aromatic carbocycles. The topological polar surface area (TPSA) is 33.5 Å². The molecule has 0 atom stereocenters. The summed E-state index contributed by atoms with van der Waals surface area (Å²) in [5.41, 5.74) is 17.2. The molecule has 0 radical (unpaired) electrons. The van der Waals surface area contributed by atoms with Gasteiger partial charge in [-0.1, -0.05) is 63.2 Å². The summed E-state index contributed by atoms with van der Waals surface area (Å²) in [4.78, 5) is 9.70. The van der Waals surface area contributed by atoms with Crippen LogP contribution in [0.4, 0.5) is 5.69 Å². The SMILES string of the molecule is Cc1cc(C)c(B(c2c(C)cc(C)cc2C)n2c3ccc[c-]c3c3nc(Oc4[c-]c(N5[CH-]N(C)C6=C5CCCC6)ccc4)ccc32)c(C)c1.[Pt]. The van der Waals surface area contributed by atoms with Crippen LogP contribution < -0.4 is 20.6 Å².